The summed E-state index contributed by atoms with van der Waals surface area (Å²) in [6.45, 7) is 0. The number of furan rings is 1. The fourth-order valence-corrected chi connectivity index (χ4v) is 2.40. The highest BCUT2D eigenvalue weighted by atomic mass is 35.5. The maximum Gasteiger partial charge on any atom is 0.267 e. The third-order valence-corrected chi connectivity index (χ3v) is 3.52. The quantitative estimate of drug-likeness (QED) is 0.524. The van der Waals surface area contributed by atoms with Crippen LogP contribution in [0.5, 0.6) is 11.6 Å². The smallest absolute Gasteiger partial charge is 0.267 e. The van der Waals surface area contributed by atoms with Crippen LogP contribution in [0.4, 0.5) is 4.39 Å². The number of halogens is 2. The Morgan fingerprint density at radius 2 is 1.95 bits per heavy atom. The van der Waals surface area contributed by atoms with Gasteiger partial charge in [0.05, 0.1) is 5.02 Å². The van der Waals surface area contributed by atoms with E-state index >= 15 is 0 Å². The van der Waals surface area contributed by atoms with Crippen LogP contribution < -0.4 is 4.74 Å². The number of para-hydroxylation sites is 1. The summed E-state index contributed by atoms with van der Waals surface area (Å²) in [5, 5.41) is 0.856. The van der Waals surface area contributed by atoms with Gasteiger partial charge in [0, 0.05) is 11.5 Å². The van der Waals surface area contributed by atoms with Gasteiger partial charge in [-0.15, -0.1) is 0 Å². The molecule has 0 unspecified atom stereocenters. The zero-order valence-electron chi connectivity index (χ0n) is 11.1. The standard InChI is InChI=1S/C16H8ClFN2O2/c17-11-7-9(5-6-12(11)18)21-16-15-14(19-8-20-16)10-3-1-2-4-13(10)22-15/h1-8H. The molecule has 0 saturated heterocycles. The van der Waals surface area contributed by atoms with E-state index in [4.69, 9.17) is 20.8 Å². The molecule has 0 radical (unpaired) electrons. The van der Waals surface area contributed by atoms with Gasteiger partial charge < -0.3 is 9.15 Å². The van der Waals surface area contributed by atoms with Gasteiger partial charge in [-0.3, -0.25) is 0 Å². The number of hydrogen-bond donors (Lipinski definition) is 0. The van der Waals surface area contributed by atoms with Crippen molar-refractivity contribution in [2.45, 2.75) is 0 Å². The Hall–Kier alpha value is -2.66. The maximum absolute atomic E-state index is 13.2. The molecule has 0 spiro atoms. The zero-order chi connectivity index (χ0) is 15.1. The summed E-state index contributed by atoms with van der Waals surface area (Å²) in [4.78, 5) is 8.32. The van der Waals surface area contributed by atoms with Crippen molar-refractivity contribution >= 4 is 33.7 Å². The van der Waals surface area contributed by atoms with E-state index < -0.39 is 5.82 Å². The molecule has 0 atom stereocenters. The molecule has 0 aliphatic rings. The summed E-state index contributed by atoms with van der Waals surface area (Å²) < 4.78 is 24.6. The minimum Gasteiger partial charge on any atom is -0.449 e. The Balaban J connectivity index is 1.86. The van der Waals surface area contributed by atoms with Crippen molar-refractivity contribution in [1.29, 1.82) is 0 Å². The second-order valence-electron chi connectivity index (χ2n) is 4.63. The predicted octanol–water partition coefficient (Wildman–Crippen LogP) is 4.96. The van der Waals surface area contributed by atoms with Gasteiger partial charge in [-0.25, -0.2) is 9.37 Å². The van der Waals surface area contributed by atoms with E-state index in [0.717, 1.165) is 5.39 Å². The SMILES string of the molecule is Fc1ccc(Oc2ncnc3c2oc2ccccc23)cc1Cl. The molecule has 2 aromatic heterocycles. The molecular weight excluding hydrogens is 307 g/mol. The molecule has 0 bridgehead atoms. The Kier molecular flexibility index (Phi) is 2.94. The fourth-order valence-electron chi connectivity index (χ4n) is 2.23. The van der Waals surface area contributed by atoms with E-state index in [9.17, 15) is 4.39 Å². The lowest BCUT2D eigenvalue weighted by Crippen LogP contribution is -1.90. The molecule has 0 amide bonds. The van der Waals surface area contributed by atoms with Crippen LogP contribution in [0.15, 0.2) is 53.2 Å². The first kappa shape index (κ1) is 13.0. The van der Waals surface area contributed by atoms with E-state index in [0.29, 0.717) is 22.4 Å². The fraction of sp³-hybridized carbons (Fsp3) is 0. The monoisotopic (exact) mass is 314 g/mol. The molecule has 0 aliphatic carbocycles. The van der Waals surface area contributed by atoms with Gasteiger partial charge in [0.25, 0.3) is 5.88 Å². The summed E-state index contributed by atoms with van der Waals surface area (Å²) in [6.07, 6.45) is 1.39. The lowest BCUT2D eigenvalue weighted by Gasteiger charge is -2.05. The van der Waals surface area contributed by atoms with E-state index in [1.165, 1.54) is 24.5 Å². The molecule has 2 heterocycles. The van der Waals surface area contributed by atoms with Crippen molar-refractivity contribution in [2.24, 2.45) is 0 Å². The van der Waals surface area contributed by atoms with Crippen LogP contribution in [-0.2, 0) is 0 Å². The highest BCUT2D eigenvalue weighted by Gasteiger charge is 2.14. The summed E-state index contributed by atoms with van der Waals surface area (Å²) >= 11 is 5.75. The first-order valence-corrected chi connectivity index (χ1v) is 6.85. The highest BCUT2D eigenvalue weighted by molar-refractivity contribution is 6.30. The second kappa shape index (κ2) is 4.96. The van der Waals surface area contributed by atoms with Crippen molar-refractivity contribution in [2.75, 3.05) is 0 Å². The van der Waals surface area contributed by atoms with Crippen LogP contribution in [-0.4, -0.2) is 9.97 Å². The third-order valence-electron chi connectivity index (χ3n) is 3.23. The van der Waals surface area contributed by atoms with Gasteiger partial charge in [0.15, 0.2) is 0 Å². The lowest BCUT2D eigenvalue weighted by atomic mass is 10.2. The van der Waals surface area contributed by atoms with Crippen LogP contribution in [0.2, 0.25) is 5.02 Å². The zero-order valence-corrected chi connectivity index (χ0v) is 11.8. The lowest BCUT2D eigenvalue weighted by molar-refractivity contribution is 0.455. The van der Waals surface area contributed by atoms with Crippen molar-refractivity contribution in [3.8, 4) is 11.6 Å². The van der Waals surface area contributed by atoms with E-state index in [1.54, 1.807) is 0 Å². The van der Waals surface area contributed by atoms with Crippen LogP contribution in [0.25, 0.3) is 22.1 Å². The Morgan fingerprint density at radius 1 is 1.09 bits per heavy atom. The van der Waals surface area contributed by atoms with E-state index in [-0.39, 0.29) is 10.9 Å². The van der Waals surface area contributed by atoms with Crippen molar-refractivity contribution in [3.05, 3.63) is 59.6 Å². The second-order valence-corrected chi connectivity index (χ2v) is 5.04. The molecule has 2 aromatic carbocycles. The molecular formula is C16H8ClFN2O2. The predicted molar refractivity (Wildman–Crippen MR) is 80.8 cm³/mol. The minimum absolute atomic E-state index is 0.0209. The van der Waals surface area contributed by atoms with Gasteiger partial charge in [0.1, 0.15) is 29.0 Å². The van der Waals surface area contributed by atoms with Crippen molar-refractivity contribution in [1.82, 2.24) is 9.97 Å². The molecule has 4 aromatic rings. The van der Waals surface area contributed by atoms with E-state index in [1.807, 2.05) is 24.3 Å². The van der Waals surface area contributed by atoms with Crippen LogP contribution >= 0.6 is 11.6 Å². The van der Waals surface area contributed by atoms with Gasteiger partial charge in [0.2, 0.25) is 5.58 Å². The molecule has 0 saturated carbocycles. The van der Waals surface area contributed by atoms with Crippen LogP contribution in [0.3, 0.4) is 0 Å². The molecule has 0 N–H and O–H groups in total. The molecule has 22 heavy (non-hydrogen) atoms. The highest BCUT2D eigenvalue weighted by Crippen LogP contribution is 2.34. The summed E-state index contributed by atoms with van der Waals surface area (Å²) in [7, 11) is 0. The van der Waals surface area contributed by atoms with Gasteiger partial charge >= 0.3 is 0 Å². The number of aromatic nitrogens is 2. The Morgan fingerprint density at radius 3 is 2.82 bits per heavy atom. The van der Waals surface area contributed by atoms with Crippen molar-refractivity contribution in [3.63, 3.8) is 0 Å². The van der Waals surface area contributed by atoms with Crippen LogP contribution in [0.1, 0.15) is 0 Å². The molecule has 4 nitrogen and oxygen atoms in total. The molecule has 0 aliphatic heterocycles. The maximum atomic E-state index is 13.2. The van der Waals surface area contributed by atoms with Gasteiger partial charge in [-0.1, -0.05) is 23.7 Å². The number of fused-ring (bicyclic) bond motifs is 3. The molecule has 0 fully saturated rings. The van der Waals surface area contributed by atoms with Crippen LogP contribution in [0, 0.1) is 5.82 Å². The van der Waals surface area contributed by atoms with E-state index in [2.05, 4.69) is 9.97 Å². The Bertz CT molecular complexity index is 1000. The normalized spacial score (nSPS) is 11.2. The first-order chi connectivity index (χ1) is 10.7. The first-order valence-electron chi connectivity index (χ1n) is 6.47. The molecule has 4 rings (SSSR count). The molecule has 6 heteroatoms. The topological polar surface area (TPSA) is 48.2 Å². The number of rotatable bonds is 2. The number of hydrogen-bond acceptors (Lipinski definition) is 4. The average molecular weight is 315 g/mol. The van der Waals surface area contributed by atoms with Gasteiger partial charge in [-0.2, -0.15) is 4.98 Å². The summed E-state index contributed by atoms with van der Waals surface area (Å²) in [5.41, 5.74) is 1.79. The number of benzene rings is 2. The number of ether oxygens (including phenoxy) is 1. The third kappa shape index (κ3) is 2.07. The van der Waals surface area contributed by atoms with Gasteiger partial charge in [-0.05, 0) is 24.3 Å². The minimum atomic E-state index is -0.509. The number of nitrogens with zero attached hydrogens (tertiary/aromatic N) is 2. The largest absolute Gasteiger partial charge is 0.449 e. The molecule has 108 valence electrons. The average Bonchev–Trinajstić information content (AvgIpc) is 2.91. The van der Waals surface area contributed by atoms with Crippen molar-refractivity contribution < 1.29 is 13.5 Å². The summed E-state index contributed by atoms with van der Waals surface area (Å²) in [6, 6.07) is 11.6. The Labute approximate surface area is 129 Å². The summed E-state index contributed by atoms with van der Waals surface area (Å²) in [5.74, 6) is 0.112.